The second-order valence-electron chi connectivity index (χ2n) is 3.79. The number of hydrogen-bond donors (Lipinski definition) is 3. The highest BCUT2D eigenvalue weighted by Gasteiger charge is 2.23. The van der Waals surface area contributed by atoms with E-state index < -0.39 is 5.60 Å². The van der Waals surface area contributed by atoms with Crippen molar-refractivity contribution < 1.29 is 9.90 Å². The van der Waals surface area contributed by atoms with Gasteiger partial charge in [-0.2, -0.15) is 0 Å². The van der Waals surface area contributed by atoms with Gasteiger partial charge in [-0.05, 0) is 12.8 Å². The standard InChI is InChI=1S/C10H22N2O2/c1-4-10(14,5-2)7-12-9(13)8(3)6-11/h8,14H,4-7,11H2,1-3H3,(H,12,13). The topological polar surface area (TPSA) is 75.3 Å². The van der Waals surface area contributed by atoms with E-state index in [1.165, 1.54) is 0 Å². The van der Waals surface area contributed by atoms with Crippen molar-refractivity contribution in [3.8, 4) is 0 Å². The van der Waals surface area contributed by atoms with Crippen molar-refractivity contribution in [1.29, 1.82) is 0 Å². The number of nitrogens with two attached hydrogens (primary N) is 1. The van der Waals surface area contributed by atoms with Gasteiger partial charge in [0.15, 0.2) is 0 Å². The van der Waals surface area contributed by atoms with Gasteiger partial charge in [-0.1, -0.05) is 20.8 Å². The van der Waals surface area contributed by atoms with Gasteiger partial charge < -0.3 is 16.2 Å². The van der Waals surface area contributed by atoms with Crippen LogP contribution in [0.25, 0.3) is 0 Å². The minimum atomic E-state index is -0.774. The first-order valence-electron chi connectivity index (χ1n) is 5.19. The van der Waals surface area contributed by atoms with Gasteiger partial charge in [0.05, 0.1) is 5.60 Å². The van der Waals surface area contributed by atoms with Gasteiger partial charge in [0, 0.05) is 19.0 Å². The molecule has 4 N–H and O–H groups in total. The summed E-state index contributed by atoms with van der Waals surface area (Å²) >= 11 is 0. The van der Waals surface area contributed by atoms with E-state index in [0.717, 1.165) is 0 Å². The quantitative estimate of drug-likeness (QED) is 0.578. The monoisotopic (exact) mass is 202 g/mol. The Morgan fingerprint density at radius 3 is 2.36 bits per heavy atom. The minimum Gasteiger partial charge on any atom is -0.388 e. The lowest BCUT2D eigenvalue weighted by atomic mass is 9.97. The van der Waals surface area contributed by atoms with Crippen molar-refractivity contribution in [2.75, 3.05) is 13.1 Å². The molecule has 0 radical (unpaired) electrons. The maximum absolute atomic E-state index is 11.4. The van der Waals surface area contributed by atoms with Crippen LogP contribution < -0.4 is 11.1 Å². The predicted molar refractivity (Wildman–Crippen MR) is 56.8 cm³/mol. The molecule has 4 nitrogen and oxygen atoms in total. The zero-order chi connectivity index (χ0) is 11.2. The summed E-state index contributed by atoms with van der Waals surface area (Å²) in [6, 6.07) is 0. The number of amides is 1. The molecule has 0 aromatic heterocycles. The minimum absolute atomic E-state index is 0.0900. The fourth-order valence-corrected chi connectivity index (χ4v) is 1.03. The molecule has 0 aliphatic rings. The molecule has 0 aliphatic heterocycles. The summed E-state index contributed by atoms with van der Waals surface area (Å²) in [6.07, 6.45) is 1.28. The van der Waals surface area contributed by atoms with E-state index in [0.29, 0.717) is 25.9 Å². The summed E-state index contributed by atoms with van der Waals surface area (Å²) in [7, 11) is 0. The lowest BCUT2D eigenvalue weighted by molar-refractivity contribution is -0.125. The molecule has 1 atom stereocenters. The van der Waals surface area contributed by atoms with Crippen molar-refractivity contribution in [3.63, 3.8) is 0 Å². The van der Waals surface area contributed by atoms with Crippen LogP contribution in [-0.2, 0) is 4.79 Å². The summed E-state index contributed by atoms with van der Waals surface area (Å²) in [4.78, 5) is 11.4. The zero-order valence-electron chi connectivity index (χ0n) is 9.34. The highest BCUT2D eigenvalue weighted by molar-refractivity contribution is 5.78. The molecule has 1 unspecified atom stereocenters. The van der Waals surface area contributed by atoms with Crippen LogP contribution in [-0.4, -0.2) is 29.7 Å². The third-order valence-electron chi connectivity index (χ3n) is 2.71. The number of rotatable bonds is 6. The Morgan fingerprint density at radius 1 is 1.50 bits per heavy atom. The highest BCUT2D eigenvalue weighted by atomic mass is 16.3. The summed E-state index contributed by atoms with van der Waals surface area (Å²) in [5, 5.41) is 12.6. The Hall–Kier alpha value is -0.610. The largest absolute Gasteiger partial charge is 0.388 e. The molecule has 4 heteroatoms. The Kier molecular flexibility index (Phi) is 5.72. The van der Waals surface area contributed by atoms with Crippen LogP contribution in [0.2, 0.25) is 0 Å². The average Bonchev–Trinajstić information content (AvgIpc) is 2.24. The van der Waals surface area contributed by atoms with Crippen molar-refractivity contribution in [3.05, 3.63) is 0 Å². The normalized spacial score (nSPS) is 13.8. The van der Waals surface area contributed by atoms with E-state index in [1.54, 1.807) is 6.92 Å². The summed E-state index contributed by atoms with van der Waals surface area (Å²) < 4.78 is 0. The highest BCUT2D eigenvalue weighted by Crippen LogP contribution is 2.12. The van der Waals surface area contributed by atoms with E-state index in [4.69, 9.17) is 5.73 Å². The van der Waals surface area contributed by atoms with E-state index in [9.17, 15) is 9.90 Å². The fourth-order valence-electron chi connectivity index (χ4n) is 1.03. The zero-order valence-corrected chi connectivity index (χ0v) is 9.34. The van der Waals surface area contributed by atoms with E-state index in [1.807, 2.05) is 13.8 Å². The van der Waals surface area contributed by atoms with Crippen molar-refractivity contribution in [1.82, 2.24) is 5.32 Å². The summed E-state index contributed by atoms with van der Waals surface area (Å²) in [6.45, 7) is 6.22. The first-order valence-corrected chi connectivity index (χ1v) is 5.19. The molecule has 0 aromatic rings. The van der Waals surface area contributed by atoms with Crippen LogP contribution in [0, 0.1) is 5.92 Å². The van der Waals surface area contributed by atoms with Crippen LogP contribution in [0.1, 0.15) is 33.6 Å². The molecule has 0 saturated carbocycles. The van der Waals surface area contributed by atoms with Crippen molar-refractivity contribution in [2.45, 2.75) is 39.2 Å². The van der Waals surface area contributed by atoms with Crippen molar-refractivity contribution in [2.24, 2.45) is 11.7 Å². The molecule has 0 spiro atoms. The van der Waals surface area contributed by atoms with E-state index in [-0.39, 0.29) is 11.8 Å². The number of aliphatic hydroxyl groups is 1. The van der Waals surface area contributed by atoms with Crippen LogP contribution >= 0.6 is 0 Å². The molecule has 0 aliphatic carbocycles. The number of nitrogens with one attached hydrogen (secondary N) is 1. The van der Waals surface area contributed by atoms with E-state index in [2.05, 4.69) is 5.32 Å². The van der Waals surface area contributed by atoms with Gasteiger partial charge in [-0.15, -0.1) is 0 Å². The first kappa shape index (κ1) is 13.4. The van der Waals surface area contributed by atoms with Gasteiger partial charge in [-0.3, -0.25) is 4.79 Å². The summed E-state index contributed by atoms with van der Waals surface area (Å²) in [5.41, 5.74) is 4.58. The van der Waals surface area contributed by atoms with Crippen LogP contribution in [0.4, 0.5) is 0 Å². The maximum Gasteiger partial charge on any atom is 0.224 e. The Morgan fingerprint density at radius 2 is 2.00 bits per heavy atom. The van der Waals surface area contributed by atoms with Crippen molar-refractivity contribution >= 4 is 5.91 Å². The molecule has 0 bridgehead atoms. The Balaban J connectivity index is 3.98. The molecule has 0 fully saturated rings. The molecule has 0 heterocycles. The predicted octanol–water partition coefficient (Wildman–Crippen LogP) is 0.249. The SMILES string of the molecule is CCC(O)(CC)CNC(=O)C(C)CN. The van der Waals surface area contributed by atoms with Gasteiger partial charge >= 0.3 is 0 Å². The molecule has 14 heavy (non-hydrogen) atoms. The van der Waals surface area contributed by atoms with Gasteiger partial charge in [-0.25, -0.2) is 0 Å². The fraction of sp³-hybridized carbons (Fsp3) is 0.900. The maximum atomic E-state index is 11.4. The molecule has 84 valence electrons. The average molecular weight is 202 g/mol. The lowest BCUT2D eigenvalue weighted by Gasteiger charge is -2.26. The third-order valence-corrected chi connectivity index (χ3v) is 2.71. The van der Waals surface area contributed by atoms with Gasteiger partial charge in [0.1, 0.15) is 0 Å². The molecule has 0 rings (SSSR count). The second kappa shape index (κ2) is 5.98. The van der Waals surface area contributed by atoms with Gasteiger partial charge in [0.25, 0.3) is 0 Å². The van der Waals surface area contributed by atoms with Gasteiger partial charge in [0.2, 0.25) is 5.91 Å². The molecule has 0 aromatic carbocycles. The van der Waals surface area contributed by atoms with Crippen LogP contribution in [0.3, 0.4) is 0 Å². The summed E-state index contributed by atoms with van der Waals surface area (Å²) in [5.74, 6) is -0.277. The molecule has 1 amide bonds. The van der Waals surface area contributed by atoms with Crippen LogP contribution in [0.5, 0.6) is 0 Å². The second-order valence-corrected chi connectivity index (χ2v) is 3.79. The first-order chi connectivity index (χ1) is 6.49. The smallest absolute Gasteiger partial charge is 0.224 e. The lowest BCUT2D eigenvalue weighted by Crippen LogP contribution is -2.44. The number of carbonyl (C=O) groups is 1. The Labute approximate surface area is 85.9 Å². The number of hydrogen-bond acceptors (Lipinski definition) is 3. The Bertz CT molecular complexity index is 179. The number of carbonyl (C=O) groups excluding carboxylic acids is 1. The van der Waals surface area contributed by atoms with Crippen LogP contribution in [0.15, 0.2) is 0 Å². The molecular weight excluding hydrogens is 180 g/mol. The molecular formula is C10H22N2O2. The van der Waals surface area contributed by atoms with E-state index >= 15 is 0 Å². The molecule has 0 saturated heterocycles. The third kappa shape index (κ3) is 4.07.